The Morgan fingerprint density at radius 3 is 2.67 bits per heavy atom. The van der Waals surface area contributed by atoms with Crippen molar-refractivity contribution in [2.45, 2.75) is 25.8 Å². The van der Waals surface area contributed by atoms with Gasteiger partial charge in [0.2, 0.25) is 5.91 Å². The van der Waals surface area contributed by atoms with E-state index in [4.69, 9.17) is 4.74 Å². The molecule has 0 radical (unpaired) electrons. The van der Waals surface area contributed by atoms with E-state index < -0.39 is 0 Å². The summed E-state index contributed by atoms with van der Waals surface area (Å²) >= 11 is 0. The lowest BCUT2D eigenvalue weighted by Gasteiger charge is -2.29. The Morgan fingerprint density at radius 2 is 2.06 bits per heavy atom. The second kappa shape index (κ2) is 5.83. The Labute approximate surface area is 108 Å². The fraction of sp³-hybridized carbons (Fsp3) is 0.400. The molecule has 1 aromatic carbocycles. The molecule has 1 heterocycles. The highest BCUT2D eigenvalue weighted by Crippen LogP contribution is 2.32. The van der Waals surface area contributed by atoms with Crippen molar-refractivity contribution in [3.63, 3.8) is 0 Å². The number of ether oxygens (including phenoxy) is 1. The van der Waals surface area contributed by atoms with Gasteiger partial charge < -0.3 is 9.64 Å². The molecular weight excluding hydrogens is 226 g/mol. The molecule has 1 atom stereocenters. The normalized spacial score (nSPS) is 19.6. The number of carbonyl (C=O) groups is 1. The van der Waals surface area contributed by atoms with Gasteiger partial charge in [-0.05, 0) is 18.9 Å². The van der Waals surface area contributed by atoms with Crippen LogP contribution in [0.1, 0.15) is 31.4 Å². The first-order chi connectivity index (χ1) is 8.77. The number of rotatable bonds is 4. The quantitative estimate of drug-likeness (QED) is 0.816. The molecular formula is C15H19NO2. The number of carbonyl (C=O) groups excluding carboxylic acids is 1. The Morgan fingerprint density at radius 1 is 1.33 bits per heavy atom. The second-order valence-electron chi connectivity index (χ2n) is 4.43. The molecule has 0 aromatic heterocycles. The summed E-state index contributed by atoms with van der Waals surface area (Å²) in [5, 5.41) is 0. The number of likely N-dealkylation sites (tertiary alicyclic amines) is 1. The number of hydrogen-bond acceptors (Lipinski definition) is 2. The van der Waals surface area contributed by atoms with Gasteiger partial charge in [0, 0.05) is 19.2 Å². The van der Waals surface area contributed by atoms with Crippen LogP contribution in [0.15, 0.2) is 42.1 Å². The van der Waals surface area contributed by atoms with E-state index in [1.54, 1.807) is 7.11 Å². The molecule has 3 heteroatoms. The number of allylic oxidation sites excluding steroid dienone is 2. The van der Waals surface area contributed by atoms with Crippen molar-refractivity contribution in [1.82, 2.24) is 4.90 Å². The van der Waals surface area contributed by atoms with Crippen LogP contribution in [0.5, 0.6) is 0 Å². The van der Waals surface area contributed by atoms with Crippen LogP contribution >= 0.6 is 0 Å². The van der Waals surface area contributed by atoms with Crippen molar-refractivity contribution in [3.8, 4) is 0 Å². The van der Waals surface area contributed by atoms with Crippen molar-refractivity contribution in [1.29, 1.82) is 0 Å². The highest BCUT2D eigenvalue weighted by Gasteiger charge is 2.32. The monoisotopic (exact) mass is 245 g/mol. The third-order valence-electron chi connectivity index (χ3n) is 3.33. The van der Waals surface area contributed by atoms with E-state index in [9.17, 15) is 4.79 Å². The maximum absolute atomic E-state index is 12.1. The summed E-state index contributed by atoms with van der Waals surface area (Å²) in [7, 11) is 1.67. The maximum Gasteiger partial charge on any atom is 0.227 e. The molecule has 0 saturated carbocycles. The Balaban J connectivity index is 2.33. The zero-order valence-electron chi connectivity index (χ0n) is 10.9. The summed E-state index contributed by atoms with van der Waals surface area (Å²) in [5.74, 6) is 0.189. The maximum atomic E-state index is 12.1. The summed E-state index contributed by atoms with van der Waals surface area (Å²) in [6, 6.07) is 10.0. The molecule has 18 heavy (non-hydrogen) atoms. The molecule has 3 nitrogen and oxygen atoms in total. The molecule has 1 aromatic rings. The van der Waals surface area contributed by atoms with E-state index in [0.29, 0.717) is 13.0 Å². The molecule has 0 bridgehead atoms. The molecule has 0 spiro atoms. The van der Waals surface area contributed by atoms with Crippen molar-refractivity contribution >= 4 is 5.91 Å². The average molecular weight is 245 g/mol. The van der Waals surface area contributed by atoms with Gasteiger partial charge in [0.1, 0.15) is 0 Å². The highest BCUT2D eigenvalue weighted by molar-refractivity contribution is 5.81. The van der Waals surface area contributed by atoms with Gasteiger partial charge in [-0.2, -0.15) is 0 Å². The summed E-state index contributed by atoms with van der Waals surface area (Å²) in [6.45, 7) is 2.50. The average Bonchev–Trinajstić information content (AvgIpc) is 2.78. The lowest BCUT2D eigenvalue weighted by atomic mass is 10.1. The van der Waals surface area contributed by atoms with Crippen LogP contribution in [0, 0.1) is 0 Å². The smallest absolute Gasteiger partial charge is 0.227 e. The Bertz CT molecular complexity index is 439. The van der Waals surface area contributed by atoms with Gasteiger partial charge in [0.05, 0.1) is 12.6 Å². The summed E-state index contributed by atoms with van der Waals surface area (Å²) in [5.41, 5.74) is 2.22. The first kappa shape index (κ1) is 12.8. The minimum atomic E-state index is -0.0163. The third-order valence-corrected chi connectivity index (χ3v) is 3.33. The minimum Gasteiger partial charge on any atom is -0.382 e. The van der Waals surface area contributed by atoms with Gasteiger partial charge in [-0.3, -0.25) is 4.79 Å². The summed E-state index contributed by atoms with van der Waals surface area (Å²) < 4.78 is 5.29. The number of amides is 1. The predicted octanol–water partition coefficient (Wildman–Crippen LogP) is 2.90. The number of nitrogens with zero attached hydrogens (tertiary/aromatic N) is 1. The van der Waals surface area contributed by atoms with Gasteiger partial charge in [0.15, 0.2) is 0 Å². The van der Waals surface area contributed by atoms with Gasteiger partial charge in [0.25, 0.3) is 0 Å². The van der Waals surface area contributed by atoms with Crippen molar-refractivity contribution in [3.05, 3.63) is 47.7 Å². The van der Waals surface area contributed by atoms with Gasteiger partial charge >= 0.3 is 0 Å². The van der Waals surface area contributed by atoms with E-state index in [1.165, 1.54) is 0 Å². The zero-order chi connectivity index (χ0) is 13.0. The van der Waals surface area contributed by atoms with Gasteiger partial charge in [-0.1, -0.05) is 36.4 Å². The number of methoxy groups -OCH3 is 1. The number of hydrogen-bond donors (Lipinski definition) is 0. The highest BCUT2D eigenvalue weighted by atomic mass is 16.5. The van der Waals surface area contributed by atoms with E-state index >= 15 is 0 Å². The van der Waals surface area contributed by atoms with Gasteiger partial charge in [-0.15, -0.1) is 0 Å². The molecule has 2 rings (SSSR count). The Kier molecular flexibility index (Phi) is 4.15. The summed E-state index contributed by atoms with van der Waals surface area (Å²) in [4.78, 5) is 14.0. The third kappa shape index (κ3) is 2.46. The van der Waals surface area contributed by atoms with Gasteiger partial charge in [-0.25, -0.2) is 0 Å². The van der Waals surface area contributed by atoms with Crippen LogP contribution in [0.2, 0.25) is 0 Å². The molecule has 1 saturated heterocycles. The van der Waals surface area contributed by atoms with Crippen LogP contribution in [-0.2, 0) is 9.53 Å². The fourth-order valence-corrected chi connectivity index (χ4v) is 2.45. The van der Waals surface area contributed by atoms with E-state index in [1.807, 2.05) is 48.2 Å². The molecule has 1 aliphatic heterocycles. The molecule has 1 fully saturated rings. The molecule has 96 valence electrons. The number of benzene rings is 1. The predicted molar refractivity (Wildman–Crippen MR) is 70.9 cm³/mol. The summed E-state index contributed by atoms with van der Waals surface area (Å²) in [6.07, 6.45) is 3.46. The SMILES string of the molecule is C/C=C1/CCC(=O)N1[C@@H](COC)c1ccccc1. The first-order valence-corrected chi connectivity index (χ1v) is 6.29. The molecule has 0 unspecified atom stereocenters. The van der Waals surface area contributed by atoms with E-state index in [0.717, 1.165) is 17.7 Å². The van der Waals surface area contributed by atoms with Crippen LogP contribution in [0.3, 0.4) is 0 Å². The molecule has 1 aliphatic rings. The second-order valence-corrected chi connectivity index (χ2v) is 4.43. The van der Waals surface area contributed by atoms with E-state index in [2.05, 4.69) is 0 Å². The van der Waals surface area contributed by atoms with Crippen molar-refractivity contribution in [2.24, 2.45) is 0 Å². The van der Waals surface area contributed by atoms with Crippen LogP contribution in [-0.4, -0.2) is 24.5 Å². The largest absolute Gasteiger partial charge is 0.382 e. The lowest BCUT2D eigenvalue weighted by molar-refractivity contribution is -0.129. The van der Waals surface area contributed by atoms with Crippen molar-refractivity contribution in [2.75, 3.05) is 13.7 Å². The zero-order valence-corrected chi connectivity index (χ0v) is 10.9. The Hall–Kier alpha value is -1.61. The minimum absolute atomic E-state index is 0.0163. The van der Waals surface area contributed by atoms with Crippen LogP contribution in [0.25, 0.3) is 0 Å². The first-order valence-electron chi connectivity index (χ1n) is 6.29. The molecule has 0 N–H and O–H groups in total. The standard InChI is InChI=1S/C15H19NO2/c1-3-13-9-10-15(17)16(13)14(11-18-2)12-7-5-4-6-8-12/h3-8,14H,9-11H2,1-2H3/b13-3-/t14-/m0/s1. The fourth-order valence-electron chi connectivity index (χ4n) is 2.45. The molecule has 1 amide bonds. The van der Waals surface area contributed by atoms with Crippen LogP contribution < -0.4 is 0 Å². The van der Waals surface area contributed by atoms with Crippen molar-refractivity contribution < 1.29 is 9.53 Å². The topological polar surface area (TPSA) is 29.5 Å². The van der Waals surface area contributed by atoms with E-state index in [-0.39, 0.29) is 11.9 Å². The van der Waals surface area contributed by atoms with Crippen LogP contribution in [0.4, 0.5) is 0 Å². The molecule has 0 aliphatic carbocycles. The lowest BCUT2D eigenvalue weighted by Crippen LogP contribution is -2.31.